The van der Waals surface area contributed by atoms with Crippen LogP contribution in [0.1, 0.15) is 19.3 Å². The van der Waals surface area contributed by atoms with Gasteiger partial charge in [-0.1, -0.05) is 0 Å². The molecule has 0 spiro atoms. The lowest BCUT2D eigenvalue weighted by atomic mass is 10.1. The Labute approximate surface area is 89.8 Å². The van der Waals surface area contributed by atoms with E-state index < -0.39 is 0 Å². The molecule has 0 aromatic heterocycles. The fourth-order valence-corrected chi connectivity index (χ4v) is 1.64. The molecule has 1 saturated heterocycles. The normalized spacial score (nSPS) is 22.7. The number of aliphatic hydroxyl groups excluding tert-OH is 1. The molecule has 2 unspecified atom stereocenters. The zero-order valence-corrected chi connectivity index (χ0v) is 9.07. The predicted octanol–water partition coefficient (Wildman–Crippen LogP) is -0.321. The van der Waals surface area contributed by atoms with Crippen molar-refractivity contribution < 1.29 is 19.4 Å². The Bertz CT molecular complexity index is 192. The van der Waals surface area contributed by atoms with E-state index in [2.05, 4.69) is 5.32 Å². The van der Waals surface area contributed by atoms with E-state index in [1.807, 2.05) is 0 Å². The van der Waals surface area contributed by atoms with Gasteiger partial charge in [0.1, 0.15) is 0 Å². The summed E-state index contributed by atoms with van der Waals surface area (Å²) in [5, 5.41) is 11.6. The number of carbonyl (C=O) groups is 1. The minimum Gasteiger partial charge on any atom is -0.394 e. The average molecular weight is 217 g/mol. The molecule has 1 aliphatic heterocycles. The highest BCUT2D eigenvalue weighted by atomic mass is 16.5. The molecule has 2 N–H and O–H groups in total. The van der Waals surface area contributed by atoms with Gasteiger partial charge in [0, 0.05) is 13.7 Å². The third kappa shape index (κ3) is 4.59. The Kier molecular flexibility index (Phi) is 5.60. The summed E-state index contributed by atoms with van der Waals surface area (Å²) in [4.78, 5) is 11.5. The largest absolute Gasteiger partial charge is 0.394 e. The predicted molar refractivity (Wildman–Crippen MR) is 54.5 cm³/mol. The third-order valence-corrected chi connectivity index (χ3v) is 2.39. The first-order chi connectivity index (χ1) is 7.26. The van der Waals surface area contributed by atoms with E-state index in [1.165, 1.54) is 7.11 Å². The standard InChI is InChI=1S/C10H19NO4/c1-14-7-8(6-12)11-10(13)5-9-3-2-4-15-9/h8-9,12H,2-7H2,1H3,(H,11,13). The summed E-state index contributed by atoms with van der Waals surface area (Å²) in [6, 6.07) is -0.316. The van der Waals surface area contributed by atoms with E-state index in [0.717, 1.165) is 19.4 Å². The van der Waals surface area contributed by atoms with Crippen molar-refractivity contribution in [3.63, 3.8) is 0 Å². The van der Waals surface area contributed by atoms with E-state index in [0.29, 0.717) is 13.0 Å². The molecule has 15 heavy (non-hydrogen) atoms. The van der Waals surface area contributed by atoms with Crippen LogP contribution in [0.25, 0.3) is 0 Å². The zero-order chi connectivity index (χ0) is 11.1. The number of hydrogen-bond acceptors (Lipinski definition) is 4. The number of methoxy groups -OCH3 is 1. The number of aliphatic hydroxyl groups is 1. The smallest absolute Gasteiger partial charge is 0.222 e. The minimum atomic E-state index is -0.316. The second-order valence-corrected chi connectivity index (χ2v) is 3.74. The molecule has 0 aliphatic carbocycles. The van der Waals surface area contributed by atoms with Crippen LogP contribution < -0.4 is 5.32 Å². The second kappa shape index (κ2) is 6.76. The maximum Gasteiger partial charge on any atom is 0.222 e. The second-order valence-electron chi connectivity index (χ2n) is 3.74. The van der Waals surface area contributed by atoms with Crippen LogP contribution in [0.4, 0.5) is 0 Å². The molecule has 1 aliphatic rings. The highest BCUT2D eigenvalue weighted by molar-refractivity contribution is 5.76. The Balaban J connectivity index is 2.20. The van der Waals surface area contributed by atoms with Crippen molar-refractivity contribution in [2.24, 2.45) is 0 Å². The molecule has 1 heterocycles. The molecule has 0 bridgehead atoms. The van der Waals surface area contributed by atoms with Crippen LogP contribution in [-0.4, -0.2) is 50.1 Å². The van der Waals surface area contributed by atoms with Crippen molar-refractivity contribution in [2.45, 2.75) is 31.4 Å². The first-order valence-electron chi connectivity index (χ1n) is 5.27. The van der Waals surface area contributed by atoms with Crippen LogP contribution in [0, 0.1) is 0 Å². The molecule has 1 rings (SSSR count). The van der Waals surface area contributed by atoms with Gasteiger partial charge in [0.05, 0.1) is 31.8 Å². The van der Waals surface area contributed by atoms with E-state index in [1.54, 1.807) is 0 Å². The molecule has 88 valence electrons. The number of amides is 1. The Morgan fingerprint density at radius 1 is 1.73 bits per heavy atom. The SMILES string of the molecule is COCC(CO)NC(=O)CC1CCCO1. The van der Waals surface area contributed by atoms with Gasteiger partial charge < -0.3 is 19.9 Å². The Hall–Kier alpha value is -0.650. The molecular weight excluding hydrogens is 198 g/mol. The fourth-order valence-electron chi connectivity index (χ4n) is 1.64. The van der Waals surface area contributed by atoms with Crippen molar-refractivity contribution in [1.29, 1.82) is 0 Å². The highest BCUT2D eigenvalue weighted by Crippen LogP contribution is 2.14. The lowest BCUT2D eigenvalue weighted by molar-refractivity contribution is -0.124. The van der Waals surface area contributed by atoms with Crippen molar-refractivity contribution in [3.8, 4) is 0 Å². The first kappa shape index (κ1) is 12.4. The van der Waals surface area contributed by atoms with Gasteiger partial charge in [-0.25, -0.2) is 0 Å². The molecular formula is C10H19NO4. The maximum absolute atomic E-state index is 11.5. The van der Waals surface area contributed by atoms with Crippen molar-refractivity contribution >= 4 is 5.91 Å². The van der Waals surface area contributed by atoms with Gasteiger partial charge >= 0.3 is 0 Å². The van der Waals surface area contributed by atoms with E-state index in [-0.39, 0.29) is 24.7 Å². The van der Waals surface area contributed by atoms with Gasteiger partial charge in [-0.05, 0) is 12.8 Å². The van der Waals surface area contributed by atoms with Gasteiger partial charge in [-0.15, -0.1) is 0 Å². The number of carbonyl (C=O) groups excluding carboxylic acids is 1. The molecule has 1 amide bonds. The van der Waals surface area contributed by atoms with Crippen LogP contribution >= 0.6 is 0 Å². The zero-order valence-electron chi connectivity index (χ0n) is 9.07. The van der Waals surface area contributed by atoms with Gasteiger partial charge in [0.25, 0.3) is 0 Å². The lowest BCUT2D eigenvalue weighted by Gasteiger charge is -2.16. The third-order valence-electron chi connectivity index (χ3n) is 2.39. The summed E-state index contributed by atoms with van der Waals surface area (Å²) >= 11 is 0. The fraction of sp³-hybridized carbons (Fsp3) is 0.900. The summed E-state index contributed by atoms with van der Waals surface area (Å²) in [7, 11) is 1.54. The topological polar surface area (TPSA) is 67.8 Å². The molecule has 0 radical (unpaired) electrons. The Morgan fingerprint density at radius 3 is 3.07 bits per heavy atom. The molecule has 5 nitrogen and oxygen atoms in total. The molecule has 0 aromatic carbocycles. The van der Waals surface area contributed by atoms with Crippen LogP contribution in [0.3, 0.4) is 0 Å². The summed E-state index contributed by atoms with van der Waals surface area (Å²) in [5.74, 6) is -0.0852. The highest BCUT2D eigenvalue weighted by Gasteiger charge is 2.20. The monoisotopic (exact) mass is 217 g/mol. The van der Waals surface area contributed by atoms with Crippen molar-refractivity contribution in [3.05, 3.63) is 0 Å². The number of ether oxygens (including phenoxy) is 2. The van der Waals surface area contributed by atoms with E-state index >= 15 is 0 Å². The Morgan fingerprint density at radius 2 is 2.53 bits per heavy atom. The summed E-state index contributed by atoms with van der Waals surface area (Å²) in [6.45, 7) is 0.971. The van der Waals surface area contributed by atoms with Crippen LogP contribution in [0.15, 0.2) is 0 Å². The quantitative estimate of drug-likeness (QED) is 0.640. The van der Waals surface area contributed by atoms with Gasteiger partial charge in [0.15, 0.2) is 0 Å². The summed E-state index contributed by atoms with van der Waals surface area (Å²) < 4.78 is 10.2. The lowest BCUT2D eigenvalue weighted by Crippen LogP contribution is -2.41. The van der Waals surface area contributed by atoms with Gasteiger partial charge in [0.2, 0.25) is 5.91 Å². The van der Waals surface area contributed by atoms with Crippen LogP contribution in [0.5, 0.6) is 0 Å². The number of rotatable bonds is 6. The number of nitrogens with one attached hydrogen (secondary N) is 1. The first-order valence-corrected chi connectivity index (χ1v) is 5.27. The summed E-state index contributed by atoms with van der Waals surface area (Å²) in [5.41, 5.74) is 0. The average Bonchev–Trinajstić information content (AvgIpc) is 2.69. The van der Waals surface area contributed by atoms with Gasteiger partial charge in [-0.2, -0.15) is 0 Å². The minimum absolute atomic E-state index is 0.0480. The summed E-state index contributed by atoms with van der Waals surface area (Å²) in [6.07, 6.45) is 2.40. The van der Waals surface area contributed by atoms with E-state index in [4.69, 9.17) is 14.6 Å². The van der Waals surface area contributed by atoms with Crippen molar-refractivity contribution in [2.75, 3.05) is 26.9 Å². The van der Waals surface area contributed by atoms with Crippen molar-refractivity contribution in [1.82, 2.24) is 5.32 Å². The van der Waals surface area contributed by atoms with Crippen LogP contribution in [-0.2, 0) is 14.3 Å². The molecule has 0 saturated carbocycles. The molecule has 0 aromatic rings. The molecule has 2 atom stereocenters. The molecule has 5 heteroatoms. The van der Waals surface area contributed by atoms with Gasteiger partial charge in [-0.3, -0.25) is 4.79 Å². The van der Waals surface area contributed by atoms with E-state index in [9.17, 15) is 4.79 Å². The number of hydrogen-bond donors (Lipinski definition) is 2. The molecule has 1 fully saturated rings. The maximum atomic E-state index is 11.5. The van der Waals surface area contributed by atoms with Crippen LogP contribution in [0.2, 0.25) is 0 Å².